The molecule has 0 saturated carbocycles. The minimum atomic E-state index is 0.143. The van der Waals surface area contributed by atoms with E-state index in [9.17, 15) is 0 Å². The third-order valence-corrected chi connectivity index (χ3v) is 5.48. The quantitative estimate of drug-likeness (QED) is 0.393. The number of hydrogen-bond donors (Lipinski definition) is 1. The summed E-state index contributed by atoms with van der Waals surface area (Å²) in [5.41, 5.74) is 11.0. The van der Waals surface area contributed by atoms with Gasteiger partial charge in [-0.3, -0.25) is 0 Å². The second-order valence-corrected chi connectivity index (χ2v) is 6.89. The van der Waals surface area contributed by atoms with Gasteiger partial charge < -0.3 is 10.1 Å². The summed E-state index contributed by atoms with van der Waals surface area (Å²) in [5.74, 6) is 1.63. The first kappa shape index (κ1) is 15.7. The van der Waals surface area contributed by atoms with Crippen molar-refractivity contribution in [1.82, 2.24) is 9.97 Å². The number of azide groups is 1. The Labute approximate surface area is 148 Å². The predicted octanol–water partition coefficient (Wildman–Crippen LogP) is 5.26. The zero-order chi connectivity index (χ0) is 17.2. The zero-order valence-electron chi connectivity index (χ0n) is 13.7. The van der Waals surface area contributed by atoms with Crippen LogP contribution in [0.2, 0.25) is 0 Å². The first-order valence-electron chi connectivity index (χ1n) is 8.07. The van der Waals surface area contributed by atoms with Gasteiger partial charge in [0.05, 0.1) is 12.5 Å². The molecule has 126 valence electrons. The standard InChI is InChI=1S/C17H16N6OS/c1-24-11-8-6-10(7-9-11)19-15-14-12-4-2-3-5-13(12)25-16(14)21-17(20-15)22-23-18/h6-9H,2-5H2,1H3,(H,19,20,21). The summed E-state index contributed by atoms with van der Waals surface area (Å²) in [4.78, 5) is 13.9. The molecule has 2 heterocycles. The normalized spacial score (nSPS) is 13.2. The van der Waals surface area contributed by atoms with Gasteiger partial charge in [-0.2, -0.15) is 0 Å². The van der Waals surface area contributed by atoms with E-state index in [-0.39, 0.29) is 5.95 Å². The average Bonchev–Trinajstić information content (AvgIpc) is 3.01. The highest BCUT2D eigenvalue weighted by molar-refractivity contribution is 7.19. The molecule has 0 saturated heterocycles. The zero-order valence-corrected chi connectivity index (χ0v) is 14.5. The minimum Gasteiger partial charge on any atom is -0.497 e. The van der Waals surface area contributed by atoms with Gasteiger partial charge in [0, 0.05) is 15.5 Å². The number of nitrogens with zero attached hydrogens (tertiary/aromatic N) is 5. The Hall–Kier alpha value is -2.83. The molecule has 4 rings (SSSR count). The molecule has 0 radical (unpaired) electrons. The van der Waals surface area contributed by atoms with Gasteiger partial charge in [0.1, 0.15) is 16.4 Å². The molecule has 1 aliphatic carbocycles. The summed E-state index contributed by atoms with van der Waals surface area (Å²) < 4.78 is 5.20. The van der Waals surface area contributed by atoms with Crippen LogP contribution in [0, 0.1) is 0 Å². The van der Waals surface area contributed by atoms with Crippen LogP contribution in [0.3, 0.4) is 0 Å². The predicted molar refractivity (Wildman–Crippen MR) is 99.1 cm³/mol. The molecule has 1 N–H and O–H groups in total. The fraction of sp³-hybridized carbons (Fsp3) is 0.294. The Morgan fingerprint density at radius 1 is 1.20 bits per heavy atom. The number of aromatic nitrogens is 2. The smallest absolute Gasteiger partial charge is 0.219 e. The molecule has 0 spiro atoms. The van der Waals surface area contributed by atoms with E-state index in [0.717, 1.165) is 34.5 Å². The Balaban J connectivity index is 1.84. The fourth-order valence-electron chi connectivity index (χ4n) is 3.13. The lowest BCUT2D eigenvalue weighted by molar-refractivity contribution is 0.415. The van der Waals surface area contributed by atoms with E-state index >= 15 is 0 Å². The summed E-state index contributed by atoms with van der Waals surface area (Å²) in [6, 6.07) is 7.63. The Morgan fingerprint density at radius 3 is 2.76 bits per heavy atom. The van der Waals surface area contributed by atoms with Crippen LogP contribution in [0.25, 0.3) is 20.7 Å². The molecule has 2 aromatic heterocycles. The first-order valence-corrected chi connectivity index (χ1v) is 8.88. The third-order valence-electron chi connectivity index (χ3n) is 4.29. The summed E-state index contributed by atoms with van der Waals surface area (Å²) in [6.45, 7) is 0. The van der Waals surface area contributed by atoms with Crippen LogP contribution in [0.1, 0.15) is 23.3 Å². The third kappa shape index (κ3) is 2.97. The second kappa shape index (κ2) is 6.58. The molecule has 0 unspecified atom stereocenters. The Bertz CT molecular complexity index is 975. The summed E-state index contributed by atoms with van der Waals surface area (Å²) in [7, 11) is 1.64. The molecule has 8 heteroatoms. The number of benzene rings is 1. The maximum Gasteiger partial charge on any atom is 0.219 e. The monoisotopic (exact) mass is 352 g/mol. The van der Waals surface area contributed by atoms with Crippen molar-refractivity contribution in [2.45, 2.75) is 25.7 Å². The topological polar surface area (TPSA) is 95.8 Å². The summed E-state index contributed by atoms with van der Waals surface area (Å²) in [5, 5.41) is 8.00. The highest BCUT2D eigenvalue weighted by Crippen LogP contribution is 2.40. The van der Waals surface area contributed by atoms with E-state index in [1.807, 2.05) is 24.3 Å². The number of methoxy groups -OCH3 is 1. The molecular weight excluding hydrogens is 336 g/mol. The largest absolute Gasteiger partial charge is 0.497 e. The lowest BCUT2D eigenvalue weighted by atomic mass is 9.97. The SMILES string of the molecule is COc1ccc(Nc2nc(N=[N+]=[N-])nc3sc4c(c23)CCCC4)cc1. The van der Waals surface area contributed by atoms with Crippen LogP contribution < -0.4 is 10.1 Å². The number of fused-ring (bicyclic) bond motifs is 3. The number of rotatable bonds is 4. The summed E-state index contributed by atoms with van der Waals surface area (Å²) >= 11 is 1.68. The van der Waals surface area contributed by atoms with Crippen molar-refractivity contribution < 1.29 is 4.74 Å². The number of nitrogens with one attached hydrogen (secondary N) is 1. The second-order valence-electron chi connectivity index (χ2n) is 5.81. The van der Waals surface area contributed by atoms with Crippen molar-refractivity contribution in [2.24, 2.45) is 5.11 Å². The van der Waals surface area contributed by atoms with Crippen LogP contribution in [0.4, 0.5) is 17.5 Å². The maximum atomic E-state index is 8.74. The van der Waals surface area contributed by atoms with Gasteiger partial charge in [-0.05, 0) is 66.2 Å². The molecule has 3 aromatic rings. The number of aryl methyl sites for hydroxylation is 2. The number of hydrogen-bond acceptors (Lipinski definition) is 6. The highest BCUT2D eigenvalue weighted by atomic mass is 32.1. The molecular formula is C17H16N6OS. The molecule has 0 aliphatic heterocycles. The number of ether oxygens (including phenoxy) is 1. The van der Waals surface area contributed by atoms with Gasteiger partial charge in [-0.25, -0.2) is 9.97 Å². The number of thiophene rings is 1. The van der Waals surface area contributed by atoms with Crippen LogP contribution in [-0.2, 0) is 12.8 Å². The lowest BCUT2D eigenvalue weighted by Crippen LogP contribution is -2.01. The highest BCUT2D eigenvalue weighted by Gasteiger charge is 2.21. The minimum absolute atomic E-state index is 0.143. The van der Waals surface area contributed by atoms with E-state index in [1.54, 1.807) is 18.4 Å². The van der Waals surface area contributed by atoms with E-state index in [0.29, 0.717) is 5.82 Å². The lowest BCUT2D eigenvalue weighted by Gasteiger charge is -2.13. The van der Waals surface area contributed by atoms with Gasteiger partial charge in [0.2, 0.25) is 5.95 Å². The van der Waals surface area contributed by atoms with Crippen molar-refractivity contribution in [3.63, 3.8) is 0 Å². The first-order chi connectivity index (χ1) is 12.3. The van der Waals surface area contributed by atoms with Crippen LogP contribution in [0.15, 0.2) is 29.4 Å². The average molecular weight is 352 g/mol. The Kier molecular flexibility index (Phi) is 4.13. The molecule has 0 atom stereocenters. The maximum absolute atomic E-state index is 8.74. The Morgan fingerprint density at radius 2 is 2.00 bits per heavy atom. The van der Waals surface area contributed by atoms with E-state index in [1.165, 1.54) is 23.3 Å². The molecule has 7 nitrogen and oxygen atoms in total. The van der Waals surface area contributed by atoms with E-state index in [2.05, 4.69) is 25.3 Å². The van der Waals surface area contributed by atoms with Crippen LogP contribution >= 0.6 is 11.3 Å². The van der Waals surface area contributed by atoms with Crippen molar-refractivity contribution in [3.05, 3.63) is 45.1 Å². The molecule has 1 aromatic carbocycles. The van der Waals surface area contributed by atoms with E-state index < -0.39 is 0 Å². The van der Waals surface area contributed by atoms with Gasteiger partial charge in [0.15, 0.2) is 0 Å². The van der Waals surface area contributed by atoms with Gasteiger partial charge in [0.25, 0.3) is 0 Å². The van der Waals surface area contributed by atoms with Crippen molar-refractivity contribution >= 4 is 39.0 Å². The van der Waals surface area contributed by atoms with Gasteiger partial charge in [-0.15, -0.1) is 11.3 Å². The molecule has 0 bridgehead atoms. The van der Waals surface area contributed by atoms with Gasteiger partial charge in [-0.1, -0.05) is 0 Å². The fourth-order valence-corrected chi connectivity index (χ4v) is 4.39. The summed E-state index contributed by atoms with van der Waals surface area (Å²) in [6.07, 6.45) is 4.50. The van der Waals surface area contributed by atoms with Crippen LogP contribution in [-0.4, -0.2) is 17.1 Å². The number of anilines is 2. The van der Waals surface area contributed by atoms with Crippen molar-refractivity contribution in [3.8, 4) is 5.75 Å². The van der Waals surface area contributed by atoms with Crippen molar-refractivity contribution in [2.75, 3.05) is 12.4 Å². The molecule has 0 amide bonds. The van der Waals surface area contributed by atoms with Crippen LogP contribution in [0.5, 0.6) is 5.75 Å². The van der Waals surface area contributed by atoms with Gasteiger partial charge >= 0.3 is 0 Å². The molecule has 0 fully saturated rings. The van der Waals surface area contributed by atoms with E-state index in [4.69, 9.17) is 10.3 Å². The molecule has 25 heavy (non-hydrogen) atoms. The molecule has 1 aliphatic rings. The van der Waals surface area contributed by atoms with Crippen molar-refractivity contribution in [1.29, 1.82) is 0 Å².